The van der Waals surface area contributed by atoms with Crippen LogP contribution in [0, 0.1) is 18.3 Å². The second-order valence-corrected chi connectivity index (χ2v) is 5.23. The van der Waals surface area contributed by atoms with E-state index < -0.39 is 0 Å². The van der Waals surface area contributed by atoms with Crippen molar-refractivity contribution in [1.82, 2.24) is 4.98 Å². The van der Waals surface area contributed by atoms with Gasteiger partial charge in [-0.05, 0) is 47.9 Å². The average molecular weight is 334 g/mol. The summed E-state index contributed by atoms with van der Waals surface area (Å²) in [6, 6.07) is 11.5. The van der Waals surface area contributed by atoms with Gasteiger partial charge in [-0.3, -0.25) is 4.98 Å². The van der Waals surface area contributed by atoms with Crippen LogP contribution in [0.4, 0.5) is 0 Å². The van der Waals surface area contributed by atoms with Crippen molar-refractivity contribution in [2.45, 2.75) is 6.92 Å². The number of hydrogen-bond acceptors (Lipinski definition) is 2. The van der Waals surface area contributed by atoms with Crippen molar-refractivity contribution in [2.24, 2.45) is 0 Å². The van der Waals surface area contributed by atoms with Gasteiger partial charge in [-0.25, -0.2) is 0 Å². The Hall–Kier alpha value is -1.63. The summed E-state index contributed by atoms with van der Waals surface area (Å²) in [5.74, 6) is 0. The molecular weight excluding hydrogens is 324 g/mol. The smallest absolute Gasteiger partial charge is 0.101 e. The van der Waals surface area contributed by atoms with Crippen LogP contribution in [0.5, 0.6) is 0 Å². The molecule has 1 heterocycles. The van der Waals surface area contributed by atoms with E-state index in [1.807, 2.05) is 25.1 Å². The van der Waals surface area contributed by atoms with Crippen LogP contribution in [0.1, 0.15) is 16.7 Å². The fraction of sp³-hybridized carbons (Fsp3) is 0.0667. The maximum atomic E-state index is 9.31. The van der Waals surface area contributed by atoms with E-state index in [9.17, 15) is 5.26 Å². The van der Waals surface area contributed by atoms with E-state index in [2.05, 4.69) is 27.0 Å². The minimum Gasteiger partial charge on any atom is -0.265 e. The molecule has 0 aliphatic heterocycles. The first-order chi connectivity index (χ1) is 9.13. The third-order valence-electron chi connectivity index (χ3n) is 2.71. The number of benzene rings is 1. The van der Waals surface area contributed by atoms with Gasteiger partial charge < -0.3 is 0 Å². The van der Waals surface area contributed by atoms with E-state index >= 15 is 0 Å². The molecule has 0 unspecified atom stereocenters. The molecule has 2 rings (SSSR count). The lowest BCUT2D eigenvalue weighted by atomic mass is 10.0. The molecule has 0 N–H and O–H groups in total. The number of hydrogen-bond donors (Lipinski definition) is 0. The quantitative estimate of drug-likeness (QED) is 0.741. The van der Waals surface area contributed by atoms with E-state index in [0.717, 1.165) is 21.2 Å². The summed E-state index contributed by atoms with van der Waals surface area (Å²) >= 11 is 9.80. The molecule has 0 spiro atoms. The summed E-state index contributed by atoms with van der Waals surface area (Å²) in [7, 11) is 0. The number of allylic oxidation sites excluding steroid dienone is 1. The fourth-order valence-corrected chi connectivity index (χ4v) is 2.20. The SMILES string of the molecule is Cc1cc(/C(Cl)=C(/C#N)c2ccncc2)ccc1Br. The zero-order valence-electron chi connectivity index (χ0n) is 10.2. The Kier molecular flexibility index (Phi) is 4.36. The van der Waals surface area contributed by atoms with Gasteiger partial charge in [0.1, 0.15) is 6.07 Å². The highest BCUT2D eigenvalue weighted by molar-refractivity contribution is 9.10. The second-order valence-electron chi connectivity index (χ2n) is 4.00. The Morgan fingerprint density at radius 1 is 1.21 bits per heavy atom. The van der Waals surface area contributed by atoms with Crippen LogP contribution >= 0.6 is 27.5 Å². The van der Waals surface area contributed by atoms with Gasteiger partial charge in [0.25, 0.3) is 0 Å². The van der Waals surface area contributed by atoms with Crippen molar-refractivity contribution in [3.8, 4) is 6.07 Å². The molecule has 2 aromatic rings. The van der Waals surface area contributed by atoms with Gasteiger partial charge >= 0.3 is 0 Å². The minimum absolute atomic E-state index is 0.448. The maximum Gasteiger partial charge on any atom is 0.101 e. The first-order valence-corrected chi connectivity index (χ1v) is 6.77. The third kappa shape index (κ3) is 3.04. The Morgan fingerprint density at radius 2 is 1.89 bits per heavy atom. The highest BCUT2D eigenvalue weighted by atomic mass is 79.9. The summed E-state index contributed by atoms with van der Waals surface area (Å²) in [6.07, 6.45) is 3.29. The molecule has 0 amide bonds. The van der Waals surface area contributed by atoms with Crippen molar-refractivity contribution in [1.29, 1.82) is 5.26 Å². The van der Waals surface area contributed by atoms with Crippen LogP contribution < -0.4 is 0 Å². The summed E-state index contributed by atoms with van der Waals surface area (Å²) in [6.45, 7) is 1.98. The summed E-state index contributed by atoms with van der Waals surface area (Å²) < 4.78 is 1.02. The van der Waals surface area contributed by atoms with Crippen LogP contribution in [0.2, 0.25) is 0 Å². The fourth-order valence-electron chi connectivity index (χ4n) is 1.68. The first-order valence-electron chi connectivity index (χ1n) is 5.60. The van der Waals surface area contributed by atoms with Gasteiger partial charge in [-0.1, -0.05) is 33.6 Å². The van der Waals surface area contributed by atoms with Crippen molar-refractivity contribution < 1.29 is 0 Å². The van der Waals surface area contributed by atoms with Crippen molar-refractivity contribution >= 4 is 38.1 Å². The lowest BCUT2D eigenvalue weighted by Crippen LogP contribution is -1.88. The van der Waals surface area contributed by atoms with E-state index in [4.69, 9.17) is 11.6 Å². The van der Waals surface area contributed by atoms with Gasteiger partial charge in [-0.2, -0.15) is 5.26 Å². The molecule has 0 aliphatic carbocycles. The van der Waals surface area contributed by atoms with Crippen LogP contribution in [0.15, 0.2) is 47.2 Å². The van der Waals surface area contributed by atoms with Crippen molar-refractivity contribution in [3.63, 3.8) is 0 Å². The maximum absolute atomic E-state index is 9.31. The zero-order valence-corrected chi connectivity index (χ0v) is 12.5. The molecule has 0 aliphatic rings. The summed E-state index contributed by atoms with van der Waals surface area (Å²) in [4.78, 5) is 3.94. The number of nitrogens with zero attached hydrogens (tertiary/aromatic N) is 2. The zero-order chi connectivity index (χ0) is 13.8. The largest absolute Gasteiger partial charge is 0.265 e. The molecule has 19 heavy (non-hydrogen) atoms. The molecule has 1 aromatic carbocycles. The Labute approximate surface area is 125 Å². The molecule has 0 bridgehead atoms. The number of nitriles is 1. The Morgan fingerprint density at radius 3 is 2.47 bits per heavy atom. The number of rotatable bonds is 2. The van der Waals surface area contributed by atoms with Gasteiger partial charge in [-0.15, -0.1) is 0 Å². The Bertz CT molecular complexity index is 672. The standard InChI is InChI=1S/C15H10BrClN2/c1-10-8-12(2-3-14(10)16)15(17)13(9-18)11-4-6-19-7-5-11/h2-8H,1H3/b15-13+. The first kappa shape index (κ1) is 13.8. The Balaban J connectivity index is 2.56. The average Bonchev–Trinajstić information content (AvgIpc) is 2.44. The molecule has 0 fully saturated rings. The predicted molar refractivity (Wildman–Crippen MR) is 81.4 cm³/mol. The highest BCUT2D eigenvalue weighted by Gasteiger charge is 2.10. The molecule has 0 saturated carbocycles. The number of pyridine rings is 1. The topological polar surface area (TPSA) is 36.7 Å². The van der Waals surface area contributed by atoms with Gasteiger partial charge in [0.2, 0.25) is 0 Å². The van der Waals surface area contributed by atoms with Crippen LogP contribution in [0.3, 0.4) is 0 Å². The lowest BCUT2D eigenvalue weighted by Gasteiger charge is -2.06. The van der Waals surface area contributed by atoms with Gasteiger partial charge in [0, 0.05) is 16.9 Å². The summed E-state index contributed by atoms with van der Waals surface area (Å²) in [5, 5.41) is 9.76. The van der Waals surface area contributed by atoms with E-state index in [-0.39, 0.29) is 0 Å². The predicted octanol–water partition coefficient (Wildman–Crippen LogP) is 4.78. The molecule has 0 saturated heterocycles. The van der Waals surface area contributed by atoms with Crippen LogP contribution in [-0.2, 0) is 0 Å². The third-order valence-corrected chi connectivity index (χ3v) is 4.01. The molecule has 94 valence electrons. The van der Waals surface area contributed by atoms with E-state index in [1.165, 1.54) is 0 Å². The number of aryl methyl sites for hydroxylation is 1. The van der Waals surface area contributed by atoms with Gasteiger partial charge in [0.15, 0.2) is 0 Å². The molecular formula is C15H10BrClN2. The minimum atomic E-state index is 0.448. The molecule has 2 nitrogen and oxygen atoms in total. The van der Waals surface area contributed by atoms with Gasteiger partial charge in [0.05, 0.1) is 10.6 Å². The van der Waals surface area contributed by atoms with Crippen LogP contribution in [0.25, 0.3) is 10.6 Å². The van der Waals surface area contributed by atoms with E-state index in [0.29, 0.717) is 10.6 Å². The molecule has 4 heteroatoms. The molecule has 1 aromatic heterocycles. The lowest BCUT2D eigenvalue weighted by molar-refractivity contribution is 1.32. The number of aromatic nitrogens is 1. The summed E-state index contributed by atoms with van der Waals surface area (Å²) in [5.41, 5.74) is 3.12. The van der Waals surface area contributed by atoms with E-state index in [1.54, 1.807) is 24.5 Å². The molecule has 0 radical (unpaired) electrons. The van der Waals surface area contributed by atoms with Crippen molar-refractivity contribution in [2.75, 3.05) is 0 Å². The normalized spacial score (nSPS) is 11.7. The molecule has 0 atom stereocenters. The second kappa shape index (κ2) is 6.01. The monoisotopic (exact) mass is 332 g/mol. The highest BCUT2D eigenvalue weighted by Crippen LogP contribution is 2.31. The van der Waals surface area contributed by atoms with Crippen LogP contribution in [-0.4, -0.2) is 4.98 Å². The number of halogens is 2. The van der Waals surface area contributed by atoms with Crippen molar-refractivity contribution in [3.05, 3.63) is 63.9 Å².